The molecule has 2 aliphatic rings. The number of carbonyl (C=O) groups excluding carboxylic acids is 2. The Morgan fingerprint density at radius 1 is 1.17 bits per heavy atom. The summed E-state index contributed by atoms with van der Waals surface area (Å²) in [5, 5.41) is 2.87. The molecule has 2 aromatic carbocycles. The van der Waals surface area contributed by atoms with Crippen molar-refractivity contribution in [3.05, 3.63) is 53.6 Å². The van der Waals surface area contributed by atoms with E-state index in [1.54, 1.807) is 49.2 Å². The molecule has 1 saturated heterocycles. The molecule has 194 valence electrons. The van der Waals surface area contributed by atoms with Crippen LogP contribution < -0.4 is 14.8 Å². The van der Waals surface area contributed by atoms with Crippen LogP contribution in [0.2, 0.25) is 0 Å². The fourth-order valence-corrected chi connectivity index (χ4v) is 6.00. The zero-order valence-corrected chi connectivity index (χ0v) is 21.6. The number of hydrogen-bond acceptors (Lipinski definition) is 6. The van der Waals surface area contributed by atoms with Crippen molar-refractivity contribution in [1.29, 1.82) is 0 Å². The first-order chi connectivity index (χ1) is 17.2. The number of nitrogens with one attached hydrogen (secondary N) is 2. The summed E-state index contributed by atoms with van der Waals surface area (Å²) in [6.45, 7) is 4.58. The van der Waals surface area contributed by atoms with Gasteiger partial charge >= 0.3 is 0 Å². The lowest BCUT2D eigenvalue weighted by molar-refractivity contribution is -0.134. The van der Waals surface area contributed by atoms with Gasteiger partial charge in [0.15, 0.2) is 0 Å². The molecule has 2 heterocycles. The van der Waals surface area contributed by atoms with Crippen molar-refractivity contribution >= 4 is 27.5 Å². The summed E-state index contributed by atoms with van der Waals surface area (Å²) in [5.74, 6) is 0.0393. The summed E-state index contributed by atoms with van der Waals surface area (Å²) in [4.78, 5) is 27.4. The van der Waals surface area contributed by atoms with Gasteiger partial charge in [-0.1, -0.05) is 25.1 Å². The summed E-state index contributed by atoms with van der Waals surface area (Å²) in [7, 11) is -2.11. The van der Waals surface area contributed by atoms with E-state index in [-0.39, 0.29) is 59.2 Å². The van der Waals surface area contributed by atoms with Crippen LogP contribution in [0.25, 0.3) is 0 Å². The predicted molar refractivity (Wildman–Crippen MR) is 136 cm³/mol. The maximum Gasteiger partial charge on any atom is 0.262 e. The molecule has 0 aromatic heterocycles. The highest BCUT2D eigenvalue weighted by atomic mass is 32.2. The largest absolute Gasteiger partial charge is 0.490 e. The van der Waals surface area contributed by atoms with Crippen molar-refractivity contribution in [2.24, 2.45) is 0 Å². The molecule has 2 aliphatic heterocycles. The summed E-state index contributed by atoms with van der Waals surface area (Å²) in [6, 6.07) is 11.2. The van der Waals surface area contributed by atoms with Crippen molar-refractivity contribution in [2.75, 3.05) is 24.9 Å². The van der Waals surface area contributed by atoms with Crippen LogP contribution in [0.15, 0.2) is 47.4 Å². The highest BCUT2D eigenvalue weighted by Crippen LogP contribution is 2.33. The summed E-state index contributed by atoms with van der Waals surface area (Å²) in [5.41, 5.74) is 1.18. The first kappa shape index (κ1) is 26.0. The summed E-state index contributed by atoms with van der Waals surface area (Å²) < 4.78 is 40.6. The fourth-order valence-electron chi connectivity index (χ4n) is 4.70. The Bertz CT molecular complexity index is 1230. The van der Waals surface area contributed by atoms with E-state index in [2.05, 4.69) is 10.0 Å². The molecule has 2 amide bonds. The molecule has 2 aromatic rings. The predicted octanol–water partition coefficient (Wildman–Crippen LogP) is 3.09. The molecule has 1 fully saturated rings. The number of nitrogens with zero attached hydrogens (tertiary/aromatic N) is 1. The van der Waals surface area contributed by atoms with E-state index in [9.17, 15) is 18.0 Å². The van der Waals surface area contributed by atoms with Crippen LogP contribution in [0.1, 0.15) is 48.5 Å². The van der Waals surface area contributed by atoms with Crippen LogP contribution in [0.5, 0.6) is 5.75 Å². The number of benzene rings is 2. The molecule has 0 unspecified atom stereocenters. The number of likely N-dealkylation sites (N-methyl/N-ethyl adjacent to an activating group) is 1. The van der Waals surface area contributed by atoms with E-state index in [0.29, 0.717) is 30.7 Å². The van der Waals surface area contributed by atoms with Gasteiger partial charge in [0, 0.05) is 19.3 Å². The van der Waals surface area contributed by atoms with Gasteiger partial charge in [-0.2, -0.15) is 0 Å². The number of sulfonamides is 1. The highest BCUT2D eigenvalue weighted by Gasteiger charge is 2.39. The second-order valence-electron chi connectivity index (χ2n) is 9.30. The number of amides is 2. The van der Waals surface area contributed by atoms with E-state index in [1.165, 1.54) is 12.1 Å². The molecule has 9 nitrogen and oxygen atoms in total. The standard InChI is InChI=1S/C26H33N3O6S/c1-4-13-27-25(30)15-19-10-11-21-23(35-19)16-34-22-12-9-18(14-20(22)26(31)29(21)3)28-36(32,33)24-8-6-5-7-17(24)2/h5-9,12,14,19,21,23,28H,4,10-11,13,15-16H2,1-3H3,(H,27,30)/t19-,21+,23+/m0/s1. The zero-order valence-electron chi connectivity index (χ0n) is 20.8. The molecule has 36 heavy (non-hydrogen) atoms. The third-order valence-electron chi connectivity index (χ3n) is 6.63. The summed E-state index contributed by atoms with van der Waals surface area (Å²) in [6.07, 6.45) is 1.88. The Labute approximate surface area is 212 Å². The molecule has 0 saturated carbocycles. The lowest BCUT2D eigenvalue weighted by atomic mass is 9.94. The minimum absolute atomic E-state index is 0.0393. The van der Waals surface area contributed by atoms with Gasteiger partial charge < -0.3 is 19.7 Å². The second-order valence-corrected chi connectivity index (χ2v) is 11.0. The van der Waals surface area contributed by atoms with Gasteiger partial charge in [-0.05, 0) is 56.0 Å². The maximum atomic E-state index is 13.4. The SMILES string of the molecule is CCCNC(=O)C[C@@H]1CC[C@@H]2[C@@H](COc3ccc(NS(=O)(=O)c4ccccc4C)cc3C(=O)N2C)O1. The lowest BCUT2D eigenvalue weighted by Crippen LogP contribution is -2.54. The average Bonchev–Trinajstić information content (AvgIpc) is 2.85. The van der Waals surface area contributed by atoms with Gasteiger partial charge in [0.25, 0.3) is 15.9 Å². The quantitative estimate of drug-likeness (QED) is 0.586. The van der Waals surface area contributed by atoms with Crippen LogP contribution in [-0.2, 0) is 19.6 Å². The molecular weight excluding hydrogens is 482 g/mol. The van der Waals surface area contributed by atoms with Crippen LogP contribution in [-0.4, -0.2) is 63.6 Å². The molecule has 0 aliphatic carbocycles. The summed E-state index contributed by atoms with van der Waals surface area (Å²) >= 11 is 0. The minimum atomic E-state index is -3.83. The molecule has 0 radical (unpaired) electrons. The number of fused-ring (bicyclic) bond motifs is 2. The fraction of sp³-hybridized carbons (Fsp3) is 0.462. The number of hydrogen-bond donors (Lipinski definition) is 2. The molecule has 0 spiro atoms. The number of aryl methyl sites for hydroxylation is 1. The maximum absolute atomic E-state index is 13.4. The Morgan fingerprint density at radius 3 is 2.69 bits per heavy atom. The van der Waals surface area contributed by atoms with Crippen LogP contribution in [0, 0.1) is 6.92 Å². The van der Waals surface area contributed by atoms with Crippen LogP contribution in [0.3, 0.4) is 0 Å². The van der Waals surface area contributed by atoms with Gasteiger partial charge in [0.05, 0.1) is 29.0 Å². The Balaban J connectivity index is 1.51. The normalized spacial score (nSPS) is 21.9. The Kier molecular flexibility index (Phi) is 7.85. The smallest absolute Gasteiger partial charge is 0.262 e. The molecule has 3 atom stereocenters. The van der Waals surface area contributed by atoms with Gasteiger partial charge in [-0.3, -0.25) is 14.3 Å². The van der Waals surface area contributed by atoms with Gasteiger partial charge in [-0.25, -0.2) is 8.42 Å². The Hall–Kier alpha value is -3.11. The van der Waals surface area contributed by atoms with Crippen molar-refractivity contribution in [3.8, 4) is 5.75 Å². The van der Waals surface area contributed by atoms with Crippen LogP contribution in [0.4, 0.5) is 5.69 Å². The number of rotatable bonds is 7. The molecule has 10 heteroatoms. The second kappa shape index (κ2) is 10.9. The molecular formula is C26H33N3O6S. The van der Waals surface area contributed by atoms with Crippen LogP contribution >= 0.6 is 0 Å². The lowest BCUT2D eigenvalue weighted by Gasteiger charge is -2.42. The topological polar surface area (TPSA) is 114 Å². The van der Waals surface area contributed by atoms with E-state index >= 15 is 0 Å². The molecule has 4 rings (SSSR count). The monoisotopic (exact) mass is 515 g/mol. The first-order valence-corrected chi connectivity index (χ1v) is 13.7. The minimum Gasteiger partial charge on any atom is -0.490 e. The van der Waals surface area contributed by atoms with Crippen molar-refractivity contribution in [3.63, 3.8) is 0 Å². The number of carbonyl (C=O) groups is 2. The van der Waals surface area contributed by atoms with Gasteiger partial charge in [0.1, 0.15) is 18.5 Å². The third kappa shape index (κ3) is 5.65. The third-order valence-corrected chi connectivity index (χ3v) is 8.17. The molecule has 0 bridgehead atoms. The first-order valence-electron chi connectivity index (χ1n) is 12.2. The van der Waals surface area contributed by atoms with E-state index in [1.807, 2.05) is 6.92 Å². The average molecular weight is 516 g/mol. The number of anilines is 1. The van der Waals surface area contributed by atoms with E-state index in [4.69, 9.17) is 9.47 Å². The Morgan fingerprint density at radius 2 is 1.94 bits per heavy atom. The van der Waals surface area contributed by atoms with Crippen molar-refractivity contribution < 1.29 is 27.5 Å². The van der Waals surface area contributed by atoms with Gasteiger partial charge in [-0.15, -0.1) is 0 Å². The zero-order chi connectivity index (χ0) is 25.9. The number of ether oxygens (including phenoxy) is 2. The van der Waals surface area contributed by atoms with Crippen molar-refractivity contribution in [1.82, 2.24) is 10.2 Å². The molecule has 2 N–H and O–H groups in total. The van der Waals surface area contributed by atoms with Gasteiger partial charge in [0.2, 0.25) is 5.91 Å². The van der Waals surface area contributed by atoms with Crippen molar-refractivity contribution in [2.45, 2.75) is 62.7 Å². The highest BCUT2D eigenvalue weighted by molar-refractivity contribution is 7.92. The van der Waals surface area contributed by atoms with E-state index < -0.39 is 10.0 Å². The van der Waals surface area contributed by atoms with E-state index in [0.717, 1.165) is 6.42 Å².